The molecule has 27 heavy (non-hydrogen) atoms. The van der Waals surface area contributed by atoms with Crippen LogP contribution in [0.2, 0.25) is 0 Å². The summed E-state index contributed by atoms with van der Waals surface area (Å²) < 4.78 is 5.48. The number of piperidine rings is 1. The van der Waals surface area contributed by atoms with Gasteiger partial charge in [-0.1, -0.05) is 30.3 Å². The van der Waals surface area contributed by atoms with Gasteiger partial charge in [0, 0.05) is 50.5 Å². The van der Waals surface area contributed by atoms with Crippen LogP contribution in [0.5, 0.6) is 0 Å². The van der Waals surface area contributed by atoms with E-state index in [0.29, 0.717) is 6.04 Å². The molecule has 0 bridgehead atoms. The maximum absolute atomic E-state index is 5.48. The van der Waals surface area contributed by atoms with Crippen LogP contribution in [0.4, 0.5) is 11.8 Å². The molecule has 0 amide bonds. The highest BCUT2D eigenvalue weighted by atomic mass is 16.5. The van der Waals surface area contributed by atoms with Crippen molar-refractivity contribution in [2.45, 2.75) is 32.4 Å². The van der Waals surface area contributed by atoms with E-state index in [0.717, 1.165) is 63.4 Å². The Kier molecular flexibility index (Phi) is 5.84. The Morgan fingerprint density at radius 2 is 1.78 bits per heavy atom. The van der Waals surface area contributed by atoms with Crippen molar-refractivity contribution in [1.82, 2.24) is 14.9 Å². The van der Waals surface area contributed by atoms with Gasteiger partial charge in [0.05, 0.1) is 13.2 Å². The number of ether oxygens (including phenoxy) is 1. The zero-order valence-corrected chi connectivity index (χ0v) is 16.1. The Balaban J connectivity index is 1.36. The third-order valence-corrected chi connectivity index (χ3v) is 5.47. The molecule has 6 nitrogen and oxygen atoms in total. The molecule has 1 N–H and O–H groups in total. The lowest BCUT2D eigenvalue weighted by Crippen LogP contribution is -2.49. The van der Waals surface area contributed by atoms with E-state index < -0.39 is 0 Å². The molecule has 2 aliphatic rings. The fraction of sp³-hybridized carbons (Fsp3) is 0.524. The van der Waals surface area contributed by atoms with E-state index in [1.54, 1.807) is 0 Å². The Hall–Kier alpha value is -2.18. The highest BCUT2D eigenvalue weighted by Crippen LogP contribution is 2.22. The van der Waals surface area contributed by atoms with Gasteiger partial charge in [-0.15, -0.1) is 0 Å². The fourth-order valence-electron chi connectivity index (χ4n) is 3.95. The highest BCUT2D eigenvalue weighted by Gasteiger charge is 2.27. The summed E-state index contributed by atoms with van der Waals surface area (Å²) in [5, 5.41) is 3.44. The third-order valence-electron chi connectivity index (χ3n) is 5.47. The maximum atomic E-state index is 5.48. The van der Waals surface area contributed by atoms with Crippen molar-refractivity contribution in [1.29, 1.82) is 0 Å². The third kappa shape index (κ3) is 4.76. The molecular weight excluding hydrogens is 338 g/mol. The summed E-state index contributed by atoms with van der Waals surface area (Å²) in [5.41, 5.74) is 2.26. The molecule has 1 aromatic heterocycles. The van der Waals surface area contributed by atoms with Crippen molar-refractivity contribution in [2.75, 3.05) is 49.6 Å². The van der Waals surface area contributed by atoms with Crippen LogP contribution in [0.25, 0.3) is 0 Å². The molecule has 0 unspecified atom stereocenters. The molecule has 144 valence electrons. The second kappa shape index (κ2) is 8.67. The standard InChI is InChI=1S/C21H29N5O/c1-17-15-20(22-16-18-5-3-2-4-6-18)24-21(23-17)26-9-7-19(8-10-26)25-11-13-27-14-12-25/h2-6,15,19H,7-14,16H2,1H3,(H,22,23,24). The lowest BCUT2D eigenvalue weighted by molar-refractivity contribution is 0.0114. The fourth-order valence-corrected chi connectivity index (χ4v) is 3.95. The number of hydrogen-bond acceptors (Lipinski definition) is 6. The molecule has 0 aliphatic carbocycles. The van der Waals surface area contributed by atoms with E-state index in [4.69, 9.17) is 14.7 Å². The van der Waals surface area contributed by atoms with Crippen LogP contribution in [0, 0.1) is 6.92 Å². The molecular formula is C21H29N5O. The number of aromatic nitrogens is 2. The van der Waals surface area contributed by atoms with Crippen molar-refractivity contribution in [3.05, 3.63) is 47.7 Å². The summed E-state index contributed by atoms with van der Waals surface area (Å²) in [5.74, 6) is 1.75. The Bertz CT molecular complexity index is 725. The molecule has 0 saturated carbocycles. The first-order chi connectivity index (χ1) is 13.3. The normalized spacial score (nSPS) is 19.2. The second-order valence-electron chi connectivity index (χ2n) is 7.40. The molecule has 2 aromatic rings. The van der Waals surface area contributed by atoms with E-state index in [2.05, 4.69) is 39.4 Å². The Labute approximate surface area is 161 Å². The van der Waals surface area contributed by atoms with Crippen molar-refractivity contribution < 1.29 is 4.74 Å². The van der Waals surface area contributed by atoms with Crippen LogP contribution >= 0.6 is 0 Å². The van der Waals surface area contributed by atoms with Crippen LogP contribution in [0.3, 0.4) is 0 Å². The van der Waals surface area contributed by atoms with E-state index in [1.165, 1.54) is 18.4 Å². The topological polar surface area (TPSA) is 53.5 Å². The minimum Gasteiger partial charge on any atom is -0.379 e. The predicted molar refractivity (Wildman–Crippen MR) is 108 cm³/mol. The average Bonchev–Trinajstić information content (AvgIpc) is 2.73. The summed E-state index contributed by atoms with van der Waals surface area (Å²) >= 11 is 0. The zero-order chi connectivity index (χ0) is 18.5. The lowest BCUT2D eigenvalue weighted by atomic mass is 10.0. The number of aryl methyl sites for hydroxylation is 1. The average molecular weight is 367 g/mol. The van der Waals surface area contributed by atoms with E-state index in [-0.39, 0.29) is 0 Å². The van der Waals surface area contributed by atoms with E-state index >= 15 is 0 Å². The van der Waals surface area contributed by atoms with Gasteiger partial charge in [-0.05, 0) is 25.3 Å². The number of benzene rings is 1. The van der Waals surface area contributed by atoms with Crippen molar-refractivity contribution >= 4 is 11.8 Å². The van der Waals surface area contributed by atoms with Gasteiger partial charge in [0.15, 0.2) is 0 Å². The number of hydrogen-bond donors (Lipinski definition) is 1. The number of nitrogens with zero attached hydrogens (tertiary/aromatic N) is 4. The Morgan fingerprint density at radius 3 is 2.52 bits per heavy atom. The quantitative estimate of drug-likeness (QED) is 0.877. The highest BCUT2D eigenvalue weighted by molar-refractivity contribution is 5.44. The van der Waals surface area contributed by atoms with Gasteiger partial charge in [-0.2, -0.15) is 4.98 Å². The van der Waals surface area contributed by atoms with Crippen molar-refractivity contribution in [3.63, 3.8) is 0 Å². The minimum atomic E-state index is 0.672. The summed E-state index contributed by atoms with van der Waals surface area (Å²) in [7, 11) is 0. The largest absolute Gasteiger partial charge is 0.379 e. The van der Waals surface area contributed by atoms with E-state index in [9.17, 15) is 0 Å². The lowest BCUT2D eigenvalue weighted by Gasteiger charge is -2.40. The van der Waals surface area contributed by atoms with Crippen LogP contribution in [0.15, 0.2) is 36.4 Å². The van der Waals surface area contributed by atoms with Crippen molar-refractivity contribution in [3.8, 4) is 0 Å². The van der Waals surface area contributed by atoms with E-state index in [1.807, 2.05) is 19.1 Å². The second-order valence-corrected chi connectivity index (χ2v) is 7.40. The molecule has 4 rings (SSSR count). The molecule has 0 atom stereocenters. The van der Waals surface area contributed by atoms with Gasteiger partial charge in [0.2, 0.25) is 5.95 Å². The molecule has 1 aromatic carbocycles. The molecule has 0 spiro atoms. The SMILES string of the molecule is Cc1cc(NCc2ccccc2)nc(N2CCC(N3CCOCC3)CC2)n1. The molecule has 2 fully saturated rings. The Morgan fingerprint density at radius 1 is 1.04 bits per heavy atom. The van der Waals surface area contributed by atoms with Crippen LogP contribution in [-0.4, -0.2) is 60.3 Å². The first kappa shape index (κ1) is 18.2. The van der Waals surface area contributed by atoms with Gasteiger partial charge in [0.1, 0.15) is 5.82 Å². The smallest absolute Gasteiger partial charge is 0.227 e. The summed E-state index contributed by atoms with van der Waals surface area (Å²) in [4.78, 5) is 14.4. The van der Waals surface area contributed by atoms with Gasteiger partial charge in [0.25, 0.3) is 0 Å². The minimum absolute atomic E-state index is 0.672. The number of morpholine rings is 1. The summed E-state index contributed by atoms with van der Waals surface area (Å²) in [6, 6.07) is 13.1. The molecule has 6 heteroatoms. The van der Waals surface area contributed by atoms with Crippen LogP contribution < -0.4 is 10.2 Å². The predicted octanol–water partition coefficient (Wildman–Crippen LogP) is 2.70. The molecule has 2 aliphatic heterocycles. The van der Waals surface area contributed by atoms with Gasteiger partial charge >= 0.3 is 0 Å². The maximum Gasteiger partial charge on any atom is 0.227 e. The van der Waals surface area contributed by atoms with Gasteiger partial charge in [-0.25, -0.2) is 4.98 Å². The molecule has 0 radical (unpaired) electrons. The van der Waals surface area contributed by atoms with Crippen LogP contribution in [0.1, 0.15) is 24.1 Å². The number of nitrogens with one attached hydrogen (secondary N) is 1. The molecule has 3 heterocycles. The number of rotatable bonds is 5. The molecule has 2 saturated heterocycles. The summed E-state index contributed by atoms with van der Waals surface area (Å²) in [6.07, 6.45) is 2.34. The van der Waals surface area contributed by atoms with Gasteiger partial charge in [-0.3, -0.25) is 4.90 Å². The van der Waals surface area contributed by atoms with Crippen LogP contribution in [-0.2, 0) is 11.3 Å². The zero-order valence-electron chi connectivity index (χ0n) is 16.1. The summed E-state index contributed by atoms with van der Waals surface area (Å²) in [6.45, 7) is 8.73. The monoisotopic (exact) mass is 367 g/mol. The first-order valence-electron chi connectivity index (χ1n) is 9.98. The number of anilines is 2. The van der Waals surface area contributed by atoms with Gasteiger partial charge < -0.3 is 15.0 Å². The van der Waals surface area contributed by atoms with Crippen molar-refractivity contribution in [2.24, 2.45) is 0 Å². The first-order valence-corrected chi connectivity index (χ1v) is 9.98.